The number of aromatic nitrogens is 2. The topological polar surface area (TPSA) is 59.2 Å². The van der Waals surface area contributed by atoms with E-state index < -0.39 is 6.10 Å². The SMILES string of the molecule is CCCCCCc1nc(C(C)O)no1. The van der Waals surface area contributed by atoms with E-state index in [0.29, 0.717) is 11.7 Å². The molecule has 4 nitrogen and oxygen atoms in total. The largest absolute Gasteiger partial charge is 0.385 e. The molecule has 0 aliphatic carbocycles. The van der Waals surface area contributed by atoms with E-state index in [1.807, 2.05) is 0 Å². The molecule has 1 aromatic rings. The highest BCUT2D eigenvalue weighted by molar-refractivity contribution is 4.88. The Morgan fingerprint density at radius 2 is 2.14 bits per heavy atom. The molecule has 0 spiro atoms. The zero-order valence-corrected chi connectivity index (χ0v) is 8.86. The summed E-state index contributed by atoms with van der Waals surface area (Å²) in [5.41, 5.74) is 0. The van der Waals surface area contributed by atoms with E-state index in [0.717, 1.165) is 12.8 Å². The van der Waals surface area contributed by atoms with Gasteiger partial charge in [-0.05, 0) is 13.3 Å². The van der Waals surface area contributed by atoms with Crippen molar-refractivity contribution >= 4 is 0 Å². The zero-order valence-electron chi connectivity index (χ0n) is 8.86. The first-order valence-corrected chi connectivity index (χ1v) is 5.24. The Hall–Kier alpha value is -0.900. The molecular weight excluding hydrogens is 180 g/mol. The average Bonchev–Trinajstić information content (AvgIpc) is 2.61. The Labute approximate surface area is 84.3 Å². The number of nitrogens with zero attached hydrogens (tertiary/aromatic N) is 2. The van der Waals surface area contributed by atoms with Crippen LogP contribution in [0.2, 0.25) is 0 Å². The van der Waals surface area contributed by atoms with E-state index in [9.17, 15) is 0 Å². The molecule has 0 amide bonds. The third-order valence-electron chi connectivity index (χ3n) is 2.10. The van der Waals surface area contributed by atoms with Crippen LogP contribution in [0, 0.1) is 0 Å². The minimum atomic E-state index is -0.636. The van der Waals surface area contributed by atoms with Crippen LogP contribution in [0.4, 0.5) is 0 Å². The van der Waals surface area contributed by atoms with Crippen molar-refractivity contribution in [3.63, 3.8) is 0 Å². The lowest BCUT2D eigenvalue weighted by molar-refractivity contribution is 0.184. The van der Waals surface area contributed by atoms with Crippen molar-refractivity contribution in [3.05, 3.63) is 11.7 Å². The van der Waals surface area contributed by atoms with Gasteiger partial charge in [0.15, 0.2) is 5.82 Å². The van der Waals surface area contributed by atoms with Crippen molar-refractivity contribution in [2.45, 2.75) is 52.1 Å². The van der Waals surface area contributed by atoms with Gasteiger partial charge in [-0.25, -0.2) is 0 Å². The van der Waals surface area contributed by atoms with Crippen LogP contribution >= 0.6 is 0 Å². The van der Waals surface area contributed by atoms with Gasteiger partial charge >= 0.3 is 0 Å². The summed E-state index contributed by atoms with van der Waals surface area (Å²) in [7, 11) is 0. The summed E-state index contributed by atoms with van der Waals surface area (Å²) in [4.78, 5) is 4.08. The first-order valence-electron chi connectivity index (χ1n) is 5.24. The summed E-state index contributed by atoms with van der Waals surface area (Å²) >= 11 is 0. The number of aryl methyl sites for hydroxylation is 1. The molecule has 80 valence electrons. The van der Waals surface area contributed by atoms with Crippen molar-refractivity contribution in [1.82, 2.24) is 10.1 Å². The lowest BCUT2D eigenvalue weighted by Gasteiger charge is -1.94. The molecule has 0 aromatic carbocycles. The monoisotopic (exact) mass is 198 g/mol. The molecular formula is C10H18N2O2. The predicted octanol–water partition coefficient (Wildman–Crippen LogP) is 2.25. The first kappa shape index (κ1) is 11.2. The van der Waals surface area contributed by atoms with Gasteiger partial charge in [-0.15, -0.1) is 0 Å². The fourth-order valence-corrected chi connectivity index (χ4v) is 1.24. The van der Waals surface area contributed by atoms with Crippen LogP contribution in [-0.4, -0.2) is 15.2 Å². The van der Waals surface area contributed by atoms with Crippen LogP contribution in [0.25, 0.3) is 0 Å². The zero-order chi connectivity index (χ0) is 10.4. The maximum absolute atomic E-state index is 9.16. The standard InChI is InChI=1S/C10H18N2O2/c1-3-4-5-6-7-9-11-10(8(2)13)12-14-9/h8,13H,3-7H2,1-2H3. The van der Waals surface area contributed by atoms with Crippen molar-refractivity contribution in [2.24, 2.45) is 0 Å². The Morgan fingerprint density at radius 3 is 2.71 bits per heavy atom. The normalized spacial score (nSPS) is 13.1. The number of aliphatic hydroxyl groups excluding tert-OH is 1. The summed E-state index contributed by atoms with van der Waals surface area (Å²) in [6.45, 7) is 3.81. The van der Waals surface area contributed by atoms with Crippen LogP contribution in [0.15, 0.2) is 4.52 Å². The van der Waals surface area contributed by atoms with Crippen molar-refractivity contribution in [2.75, 3.05) is 0 Å². The van der Waals surface area contributed by atoms with Gasteiger partial charge in [0, 0.05) is 6.42 Å². The number of hydrogen-bond donors (Lipinski definition) is 1. The molecule has 1 aromatic heterocycles. The summed E-state index contributed by atoms with van der Waals surface area (Å²) < 4.78 is 4.99. The third kappa shape index (κ3) is 3.46. The van der Waals surface area contributed by atoms with Crippen molar-refractivity contribution < 1.29 is 9.63 Å². The predicted molar refractivity (Wildman–Crippen MR) is 52.8 cm³/mol. The average molecular weight is 198 g/mol. The van der Waals surface area contributed by atoms with Crippen molar-refractivity contribution in [3.8, 4) is 0 Å². The first-order chi connectivity index (χ1) is 6.74. The van der Waals surface area contributed by atoms with Crippen LogP contribution in [0.3, 0.4) is 0 Å². The summed E-state index contributed by atoms with van der Waals surface area (Å²) in [5, 5.41) is 12.8. The molecule has 0 aliphatic heterocycles. The van der Waals surface area contributed by atoms with Crippen LogP contribution in [-0.2, 0) is 6.42 Å². The second-order valence-corrected chi connectivity index (χ2v) is 3.53. The highest BCUT2D eigenvalue weighted by atomic mass is 16.5. The summed E-state index contributed by atoms with van der Waals surface area (Å²) in [6.07, 6.45) is 4.93. The van der Waals surface area contributed by atoms with Crippen LogP contribution in [0.1, 0.15) is 57.3 Å². The molecule has 0 fully saturated rings. The van der Waals surface area contributed by atoms with Crippen LogP contribution < -0.4 is 0 Å². The maximum Gasteiger partial charge on any atom is 0.226 e. The molecule has 1 rings (SSSR count). The Bertz CT molecular complexity index is 258. The second-order valence-electron chi connectivity index (χ2n) is 3.53. The fraction of sp³-hybridized carbons (Fsp3) is 0.800. The molecule has 0 saturated carbocycles. The number of hydrogen-bond acceptors (Lipinski definition) is 4. The molecule has 1 heterocycles. The van der Waals surface area contributed by atoms with Gasteiger partial charge in [-0.2, -0.15) is 4.98 Å². The van der Waals surface area contributed by atoms with E-state index in [1.165, 1.54) is 19.3 Å². The number of aliphatic hydroxyl groups is 1. The Kier molecular flexibility index (Phi) is 4.59. The highest BCUT2D eigenvalue weighted by Gasteiger charge is 2.09. The fourth-order valence-electron chi connectivity index (χ4n) is 1.24. The number of rotatable bonds is 6. The van der Waals surface area contributed by atoms with Gasteiger partial charge in [0.2, 0.25) is 5.89 Å². The van der Waals surface area contributed by atoms with Gasteiger partial charge in [-0.3, -0.25) is 0 Å². The van der Waals surface area contributed by atoms with Gasteiger partial charge in [-0.1, -0.05) is 31.3 Å². The maximum atomic E-state index is 9.16. The minimum Gasteiger partial charge on any atom is -0.385 e. The Balaban J connectivity index is 2.29. The van der Waals surface area contributed by atoms with Gasteiger partial charge in [0.1, 0.15) is 6.10 Å². The molecule has 1 unspecified atom stereocenters. The molecule has 1 atom stereocenters. The molecule has 0 bridgehead atoms. The van der Waals surface area contributed by atoms with E-state index in [4.69, 9.17) is 9.63 Å². The van der Waals surface area contributed by atoms with E-state index >= 15 is 0 Å². The molecule has 0 aliphatic rings. The summed E-state index contributed by atoms with van der Waals surface area (Å²) in [5.74, 6) is 1.02. The van der Waals surface area contributed by atoms with Gasteiger partial charge in [0.25, 0.3) is 0 Å². The molecule has 14 heavy (non-hydrogen) atoms. The van der Waals surface area contributed by atoms with Gasteiger partial charge < -0.3 is 9.63 Å². The smallest absolute Gasteiger partial charge is 0.226 e. The van der Waals surface area contributed by atoms with E-state index in [1.54, 1.807) is 6.92 Å². The van der Waals surface area contributed by atoms with Gasteiger partial charge in [0.05, 0.1) is 0 Å². The Morgan fingerprint density at radius 1 is 1.36 bits per heavy atom. The number of unbranched alkanes of at least 4 members (excludes halogenated alkanes) is 3. The quantitative estimate of drug-likeness (QED) is 0.712. The molecule has 1 N–H and O–H groups in total. The van der Waals surface area contributed by atoms with E-state index in [2.05, 4.69) is 17.1 Å². The summed E-state index contributed by atoms with van der Waals surface area (Å²) in [6, 6.07) is 0. The minimum absolute atomic E-state index is 0.385. The second kappa shape index (κ2) is 5.75. The molecule has 4 heteroatoms. The highest BCUT2D eigenvalue weighted by Crippen LogP contribution is 2.10. The van der Waals surface area contributed by atoms with E-state index in [-0.39, 0.29) is 0 Å². The lowest BCUT2D eigenvalue weighted by atomic mass is 10.1. The third-order valence-corrected chi connectivity index (χ3v) is 2.10. The molecule has 0 saturated heterocycles. The van der Waals surface area contributed by atoms with Crippen LogP contribution in [0.5, 0.6) is 0 Å². The van der Waals surface area contributed by atoms with Crippen molar-refractivity contribution in [1.29, 1.82) is 0 Å². The lowest BCUT2D eigenvalue weighted by Crippen LogP contribution is -1.94. The molecule has 0 radical (unpaired) electrons.